The van der Waals surface area contributed by atoms with Gasteiger partial charge in [-0.25, -0.2) is 4.68 Å². The van der Waals surface area contributed by atoms with Crippen LogP contribution in [0.25, 0.3) is 0 Å². The summed E-state index contributed by atoms with van der Waals surface area (Å²) in [4.78, 5) is 0. The molecule has 0 radical (unpaired) electrons. The van der Waals surface area contributed by atoms with Crippen LogP contribution in [0, 0.1) is 6.92 Å². The van der Waals surface area contributed by atoms with Crippen LogP contribution in [0.1, 0.15) is 11.5 Å². The van der Waals surface area contributed by atoms with Gasteiger partial charge in [0.05, 0.1) is 12.2 Å². The van der Waals surface area contributed by atoms with E-state index < -0.39 is 0 Å². The van der Waals surface area contributed by atoms with Crippen LogP contribution in [0.15, 0.2) is 6.07 Å². The molecule has 0 saturated carbocycles. The second-order valence-corrected chi connectivity index (χ2v) is 3.01. The molecule has 3 N–H and O–H groups in total. The minimum atomic E-state index is 0.658. The molecule has 0 amide bonds. The Morgan fingerprint density at radius 2 is 2.43 bits per heavy atom. The van der Waals surface area contributed by atoms with Crippen molar-refractivity contribution in [2.45, 2.75) is 19.9 Å². The van der Waals surface area contributed by atoms with E-state index >= 15 is 0 Å². The molecule has 74 valence electrons. The number of nitrogens with zero attached hydrogens (tertiary/aromatic N) is 5. The van der Waals surface area contributed by atoms with Crippen molar-refractivity contribution in [1.82, 2.24) is 30.4 Å². The Morgan fingerprint density at radius 1 is 1.57 bits per heavy atom. The Balaban J connectivity index is 2.01. The lowest BCUT2D eigenvalue weighted by Crippen LogP contribution is -2.07. The lowest BCUT2D eigenvalue weighted by Gasteiger charge is -2.00. The maximum Gasteiger partial charge on any atom is 0.176 e. The van der Waals surface area contributed by atoms with E-state index in [0.29, 0.717) is 24.6 Å². The zero-order chi connectivity index (χ0) is 9.97. The Kier molecular flexibility index (Phi) is 2.13. The Labute approximate surface area is 80.3 Å². The van der Waals surface area contributed by atoms with Gasteiger partial charge in [-0.15, -0.1) is 10.2 Å². The number of nitrogen functional groups attached to an aromatic ring is 1. The molecule has 0 aromatic carbocycles. The standard InChI is InChI=1S/C7H11N7/c1-5-4-6(8)14(11-5)3-2-7-9-12-13-10-7/h4H,2-3,8H2,1H3,(H,9,10,12,13). The minimum absolute atomic E-state index is 0.658. The Morgan fingerprint density at radius 3 is 3.00 bits per heavy atom. The van der Waals surface area contributed by atoms with Gasteiger partial charge in [0.1, 0.15) is 5.82 Å². The molecule has 2 aromatic rings. The average molecular weight is 193 g/mol. The van der Waals surface area contributed by atoms with Crippen LogP contribution in [0.4, 0.5) is 5.82 Å². The molecule has 2 aromatic heterocycles. The number of tetrazole rings is 1. The van der Waals surface area contributed by atoms with Crippen molar-refractivity contribution in [3.8, 4) is 0 Å². The van der Waals surface area contributed by atoms with Gasteiger partial charge >= 0.3 is 0 Å². The fourth-order valence-corrected chi connectivity index (χ4v) is 1.24. The third-order valence-corrected chi connectivity index (χ3v) is 1.87. The molecule has 0 bridgehead atoms. The van der Waals surface area contributed by atoms with Gasteiger partial charge in [0.15, 0.2) is 5.82 Å². The van der Waals surface area contributed by atoms with Crippen molar-refractivity contribution in [2.75, 3.05) is 5.73 Å². The first-order chi connectivity index (χ1) is 6.75. The average Bonchev–Trinajstić information content (AvgIpc) is 2.72. The fraction of sp³-hybridized carbons (Fsp3) is 0.429. The van der Waals surface area contributed by atoms with E-state index in [9.17, 15) is 0 Å². The first-order valence-electron chi connectivity index (χ1n) is 4.28. The monoisotopic (exact) mass is 193 g/mol. The van der Waals surface area contributed by atoms with Crippen molar-refractivity contribution in [2.24, 2.45) is 0 Å². The lowest BCUT2D eigenvalue weighted by atomic mass is 10.4. The summed E-state index contributed by atoms with van der Waals surface area (Å²) < 4.78 is 1.73. The highest BCUT2D eigenvalue weighted by atomic mass is 15.5. The summed E-state index contributed by atoms with van der Waals surface area (Å²) in [5.41, 5.74) is 6.63. The summed E-state index contributed by atoms with van der Waals surface area (Å²) in [6.45, 7) is 2.57. The first kappa shape index (κ1) is 8.67. The summed E-state index contributed by atoms with van der Waals surface area (Å²) in [7, 11) is 0. The molecule has 0 aliphatic heterocycles. The molecule has 0 aliphatic rings. The fourth-order valence-electron chi connectivity index (χ4n) is 1.24. The van der Waals surface area contributed by atoms with E-state index in [2.05, 4.69) is 25.7 Å². The van der Waals surface area contributed by atoms with Crippen LogP contribution < -0.4 is 5.73 Å². The van der Waals surface area contributed by atoms with Crippen LogP contribution >= 0.6 is 0 Å². The molecule has 0 saturated heterocycles. The molecular weight excluding hydrogens is 182 g/mol. The van der Waals surface area contributed by atoms with Gasteiger partial charge in [-0.05, 0) is 6.92 Å². The third kappa shape index (κ3) is 1.70. The molecule has 14 heavy (non-hydrogen) atoms. The number of aryl methyl sites for hydroxylation is 3. The van der Waals surface area contributed by atoms with E-state index in [1.165, 1.54) is 0 Å². The second-order valence-electron chi connectivity index (χ2n) is 3.01. The Hall–Kier alpha value is -1.92. The summed E-state index contributed by atoms with van der Waals surface area (Å²) in [6.07, 6.45) is 0.668. The van der Waals surface area contributed by atoms with Gasteiger partial charge in [0.2, 0.25) is 0 Å². The van der Waals surface area contributed by atoms with Crippen molar-refractivity contribution in [3.05, 3.63) is 17.6 Å². The molecule has 7 nitrogen and oxygen atoms in total. The summed E-state index contributed by atoms with van der Waals surface area (Å²) >= 11 is 0. The number of nitrogens with two attached hydrogens (primary N) is 1. The number of H-pyrrole nitrogens is 1. The van der Waals surface area contributed by atoms with Crippen molar-refractivity contribution >= 4 is 5.82 Å². The number of nitrogens with one attached hydrogen (secondary N) is 1. The van der Waals surface area contributed by atoms with Crippen LogP contribution in [-0.4, -0.2) is 30.4 Å². The van der Waals surface area contributed by atoms with E-state index in [1.54, 1.807) is 4.68 Å². The topological polar surface area (TPSA) is 98.3 Å². The molecule has 2 rings (SSSR count). The number of rotatable bonds is 3. The zero-order valence-corrected chi connectivity index (χ0v) is 7.80. The van der Waals surface area contributed by atoms with Crippen LogP contribution in [-0.2, 0) is 13.0 Å². The smallest absolute Gasteiger partial charge is 0.176 e. The molecule has 0 aliphatic carbocycles. The molecule has 0 spiro atoms. The van der Waals surface area contributed by atoms with Gasteiger partial charge in [-0.2, -0.15) is 10.3 Å². The summed E-state index contributed by atoms with van der Waals surface area (Å²) in [6, 6.07) is 1.83. The minimum Gasteiger partial charge on any atom is -0.384 e. The van der Waals surface area contributed by atoms with Crippen molar-refractivity contribution in [3.63, 3.8) is 0 Å². The van der Waals surface area contributed by atoms with Gasteiger partial charge in [0.25, 0.3) is 0 Å². The largest absolute Gasteiger partial charge is 0.384 e. The van der Waals surface area contributed by atoms with E-state index in [-0.39, 0.29) is 0 Å². The first-order valence-corrected chi connectivity index (χ1v) is 4.28. The molecule has 0 unspecified atom stereocenters. The number of aromatic amines is 1. The predicted molar refractivity (Wildman–Crippen MR) is 49.3 cm³/mol. The predicted octanol–water partition coefficient (Wildman–Crippen LogP) is -0.470. The van der Waals surface area contributed by atoms with E-state index in [0.717, 1.165) is 5.69 Å². The maximum atomic E-state index is 5.72. The summed E-state index contributed by atoms with van der Waals surface area (Å²) in [5.74, 6) is 1.32. The number of anilines is 1. The highest BCUT2D eigenvalue weighted by molar-refractivity contribution is 5.30. The molecule has 0 fully saturated rings. The maximum absolute atomic E-state index is 5.72. The number of hydrogen-bond acceptors (Lipinski definition) is 5. The third-order valence-electron chi connectivity index (χ3n) is 1.87. The van der Waals surface area contributed by atoms with Gasteiger partial charge in [0, 0.05) is 12.5 Å². The Bertz CT molecular complexity index is 402. The van der Waals surface area contributed by atoms with Crippen molar-refractivity contribution in [1.29, 1.82) is 0 Å². The van der Waals surface area contributed by atoms with Gasteiger partial charge < -0.3 is 5.73 Å². The number of aromatic nitrogens is 6. The number of hydrogen-bond donors (Lipinski definition) is 2. The molecule has 7 heteroatoms. The lowest BCUT2D eigenvalue weighted by molar-refractivity contribution is 0.604. The van der Waals surface area contributed by atoms with Gasteiger partial charge in [-0.1, -0.05) is 5.21 Å². The van der Waals surface area contributed by atoms with Crippen LogP contribution in [0.5, 0.6) is 0 Å². The second kappa shape index (κ2) is 3.44. The molecular formula is C7H11N7. The highest BCUT2D eigenvalue weighted by Gasteiger charge is 2.03. The zero-order valence-electron chi connectivity index (χ0n) is 7.80. The van der Waals surface area contributed by atoms with Crippen molar-refractivity contribution < 1.29 is 0 Å². The summed E-state index contributed by atoms with van der Waals surface area (Å²) in [5, 5.41) is 17.8. The van der Waals surface area contributed by atoms with E-state index in [1.807, 2.05) is 13.0 Å². The molecule has 2 heterocycles. The normalized spacial score (nSPS) is 10.6. The quantitative estimate of drug-likeness (QED) is 0.686. The molecule has 0 atom stereocenters. The van der Waals surface area contributed by atoms with Crippen LogP contribution in [0.2, 0.25) is 0 Å². The highest BCUT2D eigenvalue weighted by Crippen LogP contribution is 2.05. The van der Waals surface area contributed by atoms with Crippen LogP contribution in [0.3, 0.4) is 0 Å². The van der Waals surface area contributed by atoms with E-state index in [4.69, 9.17) is 5.73 Å². The SMILES string of the molecule is Cc1cc(N)n(CCc2nn[nH]n2)n1. The van der Waals surface area contributed by atoms with Gasteiger partial charge in [-0.3, -0.25) is 0 Å².